The predicted molar refractivity (Wildman–Crippen MR) is 53.2 cm³/mol. The van der Waals surface area contributed by atoms with Gasteiger partial charge in [-0.25, -0.2) is 8.78 Å². The molecule has 0 aliphatic rings. The second kappa shape index (κ2) is 4.94. The van der Waals surface area contributed by atoms with Crippen molar-refractivity contribution in [2.45, 2.75) is 11.8 Å². The van der Waals surface area contributed by atoms with Crippen LogP contribution in [0.1, 0.15) is 23.1 Å². The van der Waals surface area contributed by atoms with Gasteiger partial charge in [-0.1, -0.05) is 15.9 Å². The van der Waals surface area contributed by atoms with Crippen LogP contribution in [0.15, 0.2) is 6.20 Å². The Kier molecular flexibility index (Phi) is 3.84. The van der Waals surface area contributed by atoms with Crippen molar-refractivity contribution < 1.29 is 13.7 Å². The maximum Gasteiger partial charge on any atom is 0.381 e. The van der Waals surface area contributed by atoms with Gasteiger partial charge in [-0.3, -0.25) is 0 Å². The highest BCUT2D eigenvalue weighted by atomic mass is 79.9. The van der Waals surface area contributed by atoms with Gasteiger partial charge in [0, 0.05) is 10.9 Å². The van der Waals surface area contributed by atoms with E-state index in [0.29, 0.717) is 0 Å². The van der Waals surface area contributed by atoms with Crippen molar-refractivity contribution in [2.24, 2.45) is 0 Å². The number of hydrogen-bond donors (Lipinski definition) is 0. The lowest BCUT2D eigenvalue weighted by Gasteiger charge is -2.06. The minimum Gasteiger partial charge on any atom is -0.358 e. The number of rotatable bonds is 3. The first kappa shape index (κ1) is 12.4. The highest BCUT2D eigenvalue weighted by Crippen LogP contribution is 2.30. The normalized spacial score (nSPS) is 10.2. The summed E-state index contributed by atoms with van der Waals surface area (Å²) in [5, 5.41) is 19.2. The minimum atomic E-state index is -2.83. The molecule has 0 unspecified atom stereocenters. The molecule has 0 atom stereocenters. The zero-order valence-corrected chi connectivity index (χ0v) is 9.24. The topological polar surface area (TPSA) is 79.8 Å². The molecule has 1 heterocycles. The van der Waals surface area contributed by atoms with Crippen LogP contribution in [0.5, 0.6) is 0 Å². The summed E-state index contributed by atoms with van der Waals surface area (Å²) in [6, 6.07) is 1.52. The minimum absolute atomic E-state index is 0.0705. The van der Waals surface area contributed by atoms with Gasteiger partial charge in [0.1, 0.15) is 12.3 Å². The van der Waals surface area contributed by atoms with Crippen LogP contribution >= 0.6 is 15.9 Å². The lowest BCUT2D eigenvalue weighted by Crippen LogP contribution is -2.04. The predicted octanol–water partition coefficient (Wildman–Crippen LogP) is 2.69. The summed E-state index contributed by atoms with van der Waals surface area (Å²) in [6.45, 7) is 0. The summed E-state index contributed by atoms with van der Waals surface area (Å²) >= 11 is 2.92. The van der Waals surface area contributed by atoms with Gasteiger partial charge in [0.25, 0.3) is 6.43 Å². The number of nitriles is 1. The molecule has 0 bridgehead atoms. The van der Waals surface area contributed by atoms with E-state index in [4.69, 9.17) is 5.26 Å². The fourth-order valence-electron chi connectivity index (χ4n) is 1.14. The lowest BCUT2D eigenvalue weighted by atomic mass is 10.1. The molecule has 8 heteroatoms. The summed E-state index contributed by atoms with van der Waals surface area (Å²) in [5.41, 5.74) is -1.00. The standard InChI is InChI=1S/C8H4BrF2N3O2/c9-1-4-5(2-12)8(14(15)16)13-3-6(4)7(10)11/h3,7H,1H2. The van der Waals surface area contributed by atoms with Gasteiger partial charge < -0.3 is 10.1 Å². The number of pyridine rings is 1. The third-order valence-electron chi connectivity index (χ3n) is 1.85. The van der Waals surface area contributed by atoms with Crippen LogP contribution in [0, 0.1) is 21.4 Å². The number of aromatic nitrogens is 1. The first-order valence-electron chi connectivity index (χ1n) is 3.93. The fraction of sp³-hybridized carbons (Fsp3) is 0.250. The molecule has 16 heavy (non-hydrogen) atoms. The molecule has 0 aliphatic carbocycles. The molecule has 0 amide bonds. The molecular weight excluding hydrogens is 288 g/mol. The van der Waals surface area contributed by atoms with Gasteiger partial charge >= 0.3 is 5.82 Å². The van der Waals surface area contributed by atoms with Crippen molar-refractivity contribution in [3.8, 4) is 6.07 Å². The number of halogens is 3. The molecular formula is C8H4BrF2N3O2. The van der Waals surface area contributed by atoms with Crippen molar-refractivity contribution in [3.63, 3.8) is 0 Å². The van der Waals surface area contributed by atoms with E-state index in [0.717, 1.165) is 6.20 Å². The number of hydrogen-bond acceptors (Lipinski definition) is 4. The van der Waals surface area contributed by atoms with Crippen LogP contribution in [-0.4, -0.2) is 9.91 Å². The van der Waals surface area contributed by atoms with Gasteiger partial charge in [-0.05, 0) is 9.91 Å². The summed E-state index contributed by atoms with van der Waals surface area (Å²) in [7, 11) is 0. The maximum absolute atomic E-state index is 12.5. The molecule has 0 radical (unpaired) electrons. The Balaban J connectivity index is 3.54. The molecule has 0 saturated carbocycles. The Morgan fingerprint density at radius 2 is 2.31 bits per heavy atom. The third kappa shape index (κ3) is 2.14. The fourth-order valence-corrected chi connectivity index (χ4v) is 1.74. The Labute approximate surface area is 97.0 Å². The van der Waals surface area contributed by atoms with Crippen molar-refractivity contribution in [2.75, 3.05) is 0 Å². The average molecular weight is 292 g/mol. The van der Waals surface area contributed by atoms with E-state index >= 15 is 0 Å². The zero-order valence-electron chi connectivity index (χ0n) is 7.65. The molecule has 1 aromatic rings. The van der Waals surface area contributed by atoms with Crippen LogP contribution in [0.3, 0.4) is 0 Å². The van der Waals surface area contributed by atoms with E-state index in [-0.39, 0.29) is 10.9 Å². The van der Waals surface area contributed by atoms with E-state index in [1.807, 2.05) is 0 Å². The Hall–Kier alpha value is -1.62. The highest BCUT2D eigenvalue weighted by molar-refractivity contribution is 9.08. The molecule has 1 aromatic heterocycles. The molecule has 0 aromatic carbocycles. The van der Waals surface area contributed by atoms with Crippen LogP contribution < -0.4 is 0 Å². The molecule has 0 fully saturated rings. The van der Waals surface area contributed by atoms with Crippen molar-refractivity contribution in [1.82, 2.24) is 4.98 Å². The second-order valence-electron chi connectivity index (χ2n) is 2.69. The molecule has 0 aliphatic heterocycles. The van der Waals surface area contributed by atoms with Crippen molar-refractivity contribution >= 4 is 21.7 Å². The molecule has 0 N–H and O–H groups in total. The van der Waals surface area contributed by atoms with Gasteiger partial charge in [-0.2, -0.15) is 5.26 Å². The summed E-state index contributed by atoms with van der Waals surface area (Å²) < 4.78 is 25.0. The summed E-state index contributed by atoms with van der Waals surface area (Å²) in [5.74, 6) is -0.707. The first-order chi connectivity index (χ1) is 7.52. The number of nitrogens with zero attached hydrogens (tertiary/aromatic N) is 3. The Morgan fingerprint density at radius 1 is 1.69 bits per heavy atom. The van der Waals surface area contributed by atoms with Crippen LogP contribution in [-0.2, 0) is 5.33 Å². The van der Waals surface area contributed by atoms with Crippen LogP contribution in [0.2, 0.25) is 0 Å². The first-order valence-corrected chi connectivity index (χ1v) is 5.05. The highest BCUT2D eigenvalue weighted by Gasteiger charge is 2.26. The van der Waals surface area contributed by atoms with Gasteiger partial charge in [-0.15, -0.1) is 0 Å². The molecule has 5 nitrogen and oxygen atoms in total. The van der Waals surface area contributed by atoms with Crippen molar-refractivity contribution in [1.29, 1.82) is 5.26 Å². The molecule has 1 rings (SSSR count). The Bertz CT molecular complexity index is 473. The lowest BCUT2D eigenvalue weighted by molar-refractivity contribution is -0.389. The molecule has 0 spiro atoms. The van der Waals surface area contributed by atoms with Crippen LogP contribution in [0.25, 0.3) is 0 Å². The maximum atomic E-state index is 12.5. The van der Waals surface area contributed by atoms with E-state index < -0.39 is 28.3 Å². The quantitative estimate of drug-likeness (QED) is 0.487. The summed E-state index contributed by atoms with van der Waals surface area (Å²) in [4.78, 5) is 12.9. The SMILES string of the molecule is N#Cc1c([N+](=O)[O-])ncc(C(F)F)c1CBr. The molecule has 0 saturated heterocycles. The van der Waals surface area contributed by atoms with Gasteiger partial charge in [0.05, 0.1) is 5.56 Å². The van der Waals surface area contributed by atoms with Gasteiger partial charge in [0.15, 0.2) is 5.56 Å². The largest absolute Gasteiger partial charge is 0.381 e. The van der Waals surface area contributed by atoms with E-state index in [2.05, 4.69) is 20.9 Å². The zero-order chi connectivity index (χ0) is 12.3. The third-order valence-corrected chi connectivity index (χ3v) is 2.41. The Morgan fingerprint density at radius 3 is 2.69 bits per heavy atom. The molecule has 84 valence electrons. The average Bonchev–Trinajstić information content (AvgIpc) is 2.26. The van der Waals surface area contributed by atoms with Gasteiger partial charge in [0.2, 0.25) is 0 Å². The summed E-state index contributed by atoms with van der Waals surface area (Å²) in [6.07, 6.45) is -2.10. The van der Waals surface area contributed by atoms with Crippen molar-refractivity contribution in [3.05, 3.63) is 33.0 Å². The smallest absolute Gasteiger partial charge is 0.358 e. The number of alkyl halides is 3. The van der Waals surface area contributed by atoms with E-state index in [1.165, 1.54) is 6.07 Å². The van der Waals surface area contributed by atoms with E-state index in [1.54, 1.807) is 0 Å². The second-order valence-corrected chi connectivity index (χ2v) is 3.25. The monoisotopic (exact) mass is 291 g/mol. The van der Waals surface area contributed by atoms with Crippen LogP contribution in [0.4, 0.5) is 14.6 Å². The number of nitro groups is 1. The van der Waals surface area contributed by atoms with E-state index in [9.17, 15) is 18.9 Å².